The molecule has 6 heteroatoms. The Balaban J connectivity index is 1.99. The molecule has 6 nitrogen and oxygen atoms in total. The number of hydrogen-bond donors (Lipinski definition) is 1. The number of nitrogens with one attached hydrogen (secondary N) is 1. The van der Waals surface area contributed by atoms with E-state index in [4.69, 9.17) is 0 Å². The standard InChI is InChI=1S/C18H17N5O/c1-2-3-8-17(24)22-18-14(11-19)12-20-23(18)16-10-9-13-6-4-5-7-15(13)21-16/h4-7,9-10,12H,2-3,8H2,1H3,(H,22,24). The minimum absolute atomic E-state index is 0.129. The van der Waals surface area contributed by atoms with Gasteiger partial charge in [-0.05, 0) is 24.6 Å². The van der Waals surface area contributed by atoms with Crippen LogP contribution < -0.4 is 5.32 Å². The minimum Gasteiger partial charge on any atom is -0.309 e. The molecule has 0 atom stereocenters. The lowest BCUT2D eigenvalue weighted by atomic mass is 10.2. The van der Waals surface area contributed by atoms with Gasteiger partial charge in [0, 0.05) is 11.8 Å². The van der Waals surface area contributed by atoms with Crippen molar-refractivity contribution in [2.24, 2.45) is 0 Å². The Bertz CT molecular complexity index is 923. The number of unbranched alkanes of at least 4 members (excludes halogenated alkanes) is 1. The van der Waals surface area contributed by atoms with Gasteiger partial charge in [-0.15, -0.1) is 0 Å². The molecule has 1 amide bonds. The van der Waals surface area contributed by atoms with Crippen molar-refractivity contribution in [1.82, 2.24) is 14.8 Å². The molecule has 0 fully saturated rings. The molecule has 0 bridgehead atoms. The zero-order valence-corrected chi connectivity index (χ0v) is 13.4. The maximum Gasteiger partial charge on any atom is 0.225 e. The van der Waals surface area contributed by atoms with E-state index < -0.39 is 0 Å². The van der Waals surface area contributed by atoms with E-state index in [0.717, 1.165) is 23.7 Å². The van der Waals surface area contributed by atoms with E-state index in [1.54, 1.807) is 0 Å². The second-order valence-electron chi connectivity index (χ2n) is 5.44. The summed E-state index contributed by atoms with van der Waals surface area (Å²) in [5.74, 6) is 0.790. The Morgan fingerprint density at radius 3 is 2.92 bits per heavy atom. The van der Waals surface area contributed by atoms with Crippen molar-refractivity contribution in [2.45, 2.75) is 26.2 Å². The quantitative estimate of drug-likeness (QED) is 0.781. The summed E-state index contributed by atoms with van der Waals surface area (Å²) < 4.78 is 1.49. The summed E-state index contributed by atoms with van der Waals surface area (Å²) in [6.45, 7) is 2.03. The number of pyridine rings is 1. The van der Waals surface area contributed by atoms with Crippen molar-refractivity contribution >= 4 is 22.6 Å². The maximum absolute atomic E-state index is 12.1. The number of rotatable bonds is 5. The highest BCUT2D eigenvalue weighted by Gasteiger charge is 2.15. The number of fused-ring (bicyclic) bond motifs is 1. The van der Waals surface area contributed by atoms with Gasteiger partial charge in [-0.2, -0.15) is 15.0 Å². The zero-order chi connectivity index (χ0) is 16.9. The highest BCUT2D eigenvalue weighted by molar-refractivity contribution is 5.91. The van der Waals surface area contributed by atoms with Crippen LogP contribution in [0.5, 0.6) is 0 Å². The third-order valence-electron chi connectivity index (χ3n) is 3.71. The molecule has 24 heavy (non-hydrogen) atoms. The number of carbonyl (C=O) groups excluding carboxylic acids is 1. The van der Waals surface area contributed by atoms with Crippen molar-refractivity contribution in [1.29, 1.82) is 5.26 Å². The summed E-state index contributed by atoms with van der Waals surface area (Å²) in [5, 5.41) is 17.3. The lowest BCUT2D eigenvalue weighted by molar-refractivity contribution is -0.116. The predicted molar refractivity (Wildman–Crippen MR) is 91.7 cm³/mol. The molecule has 0 radical (unpaired) electrons. The molecule has 0 unspecified atom stereocenters. The molecule has 0 aliphatic rings. The van der Waals surface area contributed by atoms with Crippen LogP contribution in [0.1, 0.15) is 31.7 Å². The van der Waals surface area contributed by atoms with Crippen LogP contribution in [0.3, 0.4) is 0 Å². The van der Waals surface area contributed by atoms with E-state index in [2.05, 4.69) is 21.5 Å². The Morgan fingerprint density at radius 2 is 2.12 bits per heavy atom. The van der Waals surface area contributed by atoms with Crippen molar-refractivity contribution in [2.75, 3.05) is 5.32 Å². The van der Waals surface area contributed by atoms with Crippen molar-refractivity contribution in [3.05, 3.63) is 48.2 Å². The van der Waals surface area contributed by atoms with Crippen molar-refractivity contribution < 1.29 is 4.79 Å². The molecule has 120 valence electrons. The molecule has 3 rings (SSSR count). The largest absolute Gasteiger partial charge is 0.309 e. The van der Waals surface area contributed by atoms with Crippen LogP contribution in [0.2, 0.25) is 0 Å². The van der Waals surface area contributed by atoms with Crippen LogP contribution in [0.25, 0.3) is 16.7 Å². The summed E-state index contributed by atoms with van der Waals surface area (Å²) in [6, 6.07) is 13.6. The van der Waals surface area contributed by atoms with Crippen LogP contribution >= 0.6 is 0 Å². The number of hydrogen-bond acceptors (Lipinski definition) is 4. The number of anilines is 1. The smallest absolute Gasteiger partial charge is 0.225 e. The molecule has 1 aromatic carbocycles. The van der Waals surface area contributed by atoms with Crippen LogP contribution in [0.4, 0.5) is 5.82 Å². The van der Waals surface area contributed by atoms with Gasteiger partial charge in [-0.25, -0.2) is 4.98 Å². The minimum atomic E-state index is -0.129. The van der Waals surface area contributed by atoms with E-state index in [1.165, 1.54) is 10.9 Å². The fourth-order valence-corrected chi connectivity index (χ4v) is 2.43. The summed E-state index contributed by atoms with van der Waals surface area (Å²) >= 11 is 0. The van der Waals surface area contributed by atoms with Gasteiger partial charge in [0.05, 0.1) is 11.7 Å². The van der Waals surface area contributed by atoms with Gasteiger partial charge in [0.25, 0.3) is 0 Å². The molecule has 2 heterocycles. The molecule has 0 spiro atoms. The van der Waals surface area contributed by atoms with E-state index in [-0.39, 0.29) is 5.91 Å². The number of amides is 1. The molecule has 1 N–H and O–H groups in total. The first kappa shape index (κ1) is 15.7. The number of benzene rings is 1. The van der Waals surface area contributed by atoms with Crippen molar-refractivity contribution in [3.8, 4) is 11.9 Å². The molecular weight excluding hydrogens is 302 g/mol. The van der Waals surface area contributed by atoms with Crippen LogP contribution in [0.15, 0.2) is 42.6 Å². The summed E-state index contributed by atoms with van der Waals surface area (Å²) in [7, 11) is 0. The van der Waals surface area contributed by atoms with Gasteiger partial charge in [0.15, 0.2) is 11.6 Å². The highest BCUT2D eigenvalue weighted by atomic mass is 16.1. The molecule has 3 aromatic rings. The first-order valence-electron chi connectivity index (χ1n) is 7.87. The zero-order valence-electron chi connectivity index (χ0n) is 13.4. The van der Waals surface area contributed by atoms with Crippen LogP contribution in [0, 0.1) is 11.3 Å². The van der Waals surface area contributed by atoms with Crippen LogP contribution in [-0.4, -0.2) is 20.7 Å². The number of aromatic nitrogens is 3. The van der Waals surface area contributed by atoms with E-state index in [0.29, 0.717) is 23.6 Å². The summed E-state index contributed by atoms with van der Waals surface area (Å²) in [4.78, 5) is 16.6. The molecule has 0 saturated carbocycles. The van der Waals surface area contributed by atoms with Gasteiger partial charge < -0.3 is 5.32 Å². The Labute approximate surface area is 139 Å². The van der Waals surface area contributed by atoms with Gasteiger partial charge in [0.1, 0.15) is 11.6 Å². The Hall–Kier alpha value is -3.20. The SMILES string of the molecule is CCCCC(=O)Nc1c(C#N)cnn1-c1ccc2ccccc2n1. The second kappa shape index (κ2) is 6.92. The molecule has 0 saturated heterocycles. The lowest BCUT2D eigenvalue weighted by Crippen LogP contribution is -2.16. The van der Waals surface area contributed by atoms with E-state index in [9.17, 15) is 10.1 Å². The van der Waals surface area contributed by atoms with Gasteiger partial charge in [0.2, 0.25) is 5.91 Å². The number of para-hydroxylation sites is 1. The normalized spacial score (nSPS) is 10.5. The maximum atomic E-state index is 12.1. The monoisotopic (exact) mass is 319 g/mol. The highest BCUT2D eigenvalue weighted by Crippen LogP contribution is 2.21. The van der Waals surface area contributed by atoms with Gasteiger partial charge >= 0.3 is 0 Å². The third-order valence-corrected chi connectivity index (χ3v) is 3.71. The predicted octanol–water partition coefficient (Wildman–Crippen LogP) is 3.42. The van der Waals surface area contributed by atoms with Crippen LogP contribution in [-0.2, 0) is 4.79 Å². The fourth-order valence-electron chi connectivity index (χ4n) is 2.43. The Kier molecular flexibility index (Phi) is 4.52. The Morgan fingerprint density at radius 1 is 1.29 bits per heavy atom. The number of nitrogens with zero attached hydrogens (tertiary/aromatic N) is 4. The molecule has 0 aliphatic carbocycles. The molecule has 2 aromatic heterocycles. The van der Waals surface area contributed by atoms with Crippen molar-refractivity contribution in [3.63, 3.8) is 0 Å². The second-order valence-corrected chi connectivity index (χ2v) is 5.44. The summed E-state index contributed by atoms with van der Waals surface area (Å²) in [6.07, 6.45) is 3.59. The molecular formula is C18H17N5O. The first-order valence-corrected chi connectivity index (χ1v) is 7.87. The first-order chi connectivity index (χ1) is 11.7. The number of carbonyl (C=O) groups is 1. The number of nitriles is 1. The fraction of sp³-hybridized carbons (Fsp3) is 0.222. The lowest BCUT2D eigenvalue weighted by Gasteiger charge is -2.09. The van der Waals surface area contributed by atoms with E-state index >= 15 is 0 Å². The average Bonchev–Trinajstić information content (AvgIpc) is 3.02. The third kappa shape index (κ3) is 3.10. The molecule has 0 aliphatic heterocycles. The summed E-state index contributed by atoms with van der Waals surface area (Å²) in [5.41, 5.74) is 1.14. The van der Waals surface area contributed by atoms with E-state index in [1.807, 2.05) is 43.3 Å². The van der Waals surface area contributed by atoms with Gasteiger partial charge in [-0.3, -0.25) is 4.79 Å². The average molecular weight is 319 g/mol. The van der Waals surface area contributed by atoms with Gasteiger partial charge in [-0.1, -0.05) is 31.5 Å². The topological polar surface area (TPSA) is 83.6 Å².